The number of halogens is 3. The van der Waals surface area contributed by atoms with Crippen LogP contribution in [0.2, 0.25) is 0 Å². The number of alkyl halides is 3. The van der Waals surface area contributed by atoms with Gasteiger partial charge in [-0.15, -0.1) is 0 Å². The summed E-state index contributed by atoms with van der Waals surface area (Å²) in [7, 11) is 1.50. The van der Waals surface area contributed by atoms with Crippen molar-refractivity contribution in [3.05, 3.63) is 39.8 Å². The van der Waals surface area contributed by atoms with Gasteiger partial charge in [0.15, 0.2) is 0 Å². The van der Waals surface area contributed by atoms with Gasteiger partial charge in [-0.25, -0.2) is 4.68 Å². The molecule has 4 rings (SSSR count). The summed E-state index contributed by atoms with van der Waals surface area (Å²) in [6, 6.07) is 3.02. The van der Waals surface area contributed by atoms with E-state index in [2.05, 4.69) is 16.1 Å². The quantitative estimate of drug-likeness (QED) is 0.757. The van der Waals surface area contributed by atoms with E-state index in [1.54, 1.807) is 0 Å². The maximum absolute atomic E-state index is 12.8. The van der Waals surface area contributed by atoms with Gasteiger partial charge in [-0.1, -0.05) is 6.42 Å². The standard InChI is InChI=1S/C14H11F3N2O2.C5H11N.CH5N/c15-14(16,17)9-3-4-10-11(7-9)12(8-1-2-8)18-19(5-6-20)13(10)21;1-2-4-6-5-3-1;1-2/h3-4,6-8H,1-2,5H2;6H,1-5H2;2H2,1H3. The first kappa shape index (κ1) is 23.0. The number of hydrogen-bond donors (Lipinski definition) is 2. The monoisotopic (exact) mass is 412 g/mol. The first-order valence-electron chi connectivity index (χ1n) is 9.76. The highest BCUT2D eigenvalue weighted by Crippen LogP contribution is 2.42. The average molecular weight is 412 g/mol. The van der Waals surface area contributed by atoms with E-state index in [9.17, 15) is 22.8 Å². The highest BCUT2D eigenvalue weighted by molar-refractivity contribution is 5.85. The minimum Gasteiger partial charge on any atom is -0.333 e. The van der Waals surface area contributed by atoms with Gasteiger partial charge in [0.25, 0.3) is 5.56 Å². The second kappa shape index (κ2) is 10.5. The number of benzene rings is 1. The number of nitrogens with one attached hydrogen (secondary N) is 1. The number of rotatable bonds is 3. The van der Waals surface area contributed by atoms with Crippen LogP contribution >= 0.6 is 0 Å². The molecule has 2 aliphatic rings. The Balaban J connectivity index is 0.000000317. The van der Waals surface area contributed by atoms with Crippen molar-refractivity contribution in [2.75, 3.05) is 20.1 Å². The van der Waals surface area contributed by atoms with Gasteiger partial charge < -0.3 is 15.8 Å². The number of hydrogen-bond acceptors (Lipinski definition) is 5. The van der Waals surface area contributed by atoms with Crippen LogP contribution < -0.4 is 16.6 Å². The van der Waals surface area contributed by atoms with E-state index in [1.807, 2.05) is 0 Å². The SMILES string of the molecule is C1CCNCC1.CN.O=CCn1nc(C2CC2)c2cc(C(F)(F)F)ccc2c1=O. The fraction of sp³-hybridized carbons (Fsp3) is 0.550. The number of aldehydes is 1. The van der Waals surface area contributed by atoms with Crippen molar-refractivity contribution < 1.29 is 18.0 Å². The van der Waals surface area contributed by atoms with Crippen molar-refractivity contribution in [2.45, 2.75) is 50.7 Å². The summed E-state index contributed by atoms with van der Waals surface area (Å²) >= 11 is 0. The number of aromatic nitrogens is 2. The fourth-order valence-corrected chi connectivity index (χ4v) is 3.14. The van der Waals surface area contributed by atoms with E-state index in [1.165, 1.54) is 39.4 Å². The number of nitrogens with two attached hydrogens (primary N) is 1. The summed E-state index contributed by atoms with van der Waals surface area (Å²) in [5.41, 5.74) is 3.62. The molecule has 1 saturated carbocycles. The first-order chi connectivity index (χ1) is 13.9. The maximum atomic E-state index is 12.8. The predicted octanol–water partition coefficient (Wildman–Crippen LogP) is 2.83. The molecule has 29 heavy (non-hydrogen) atoms. The molecule has 1 aliphatic heterocycles. The third-order valence-corrected chi connectivity index (χ3v) is 4.73. The predicted molar refractivity (Wildman–Crippen MR) is 106 cm³/mol. The lowest BCUT2D eigenvalue weighted by Gasteiger charge is -2.11. The Labute approximate surface area is 167 Å². The van der Waals surface area contributed by atoms with Gasteiger partial charge in [-0.3, -0.25) is 4.79 Å². The van der Waals surface area contributed by atoms with Gasteiger partial charge in [0.2, 0.25) is 0 Å². The van der Waals surface area contributed by atoms with Crippen LogP contribution in [0.1, 0.15) is 49.3 Å². The van der Waals surface area contributed by atoms with Crippen LogP contribution in [-0.2, 0) is 17.5 Å². The largest absolute Gasteiger partial charge is 0.416 e. The molecule has 3 N–H and O–H groups in total. The Kier molecular flexibility index (Phi) is 8.33. The molecule has 0 radical (unpaired) electrons. The van der Waals surface area contributed by atoms with Gasteiger partial charge in [-0.05, 0) is 64.0 Å². The zero-order chi connectivity index (χ0) is 21.4. The highest BCUT2D eigenvalue weighted by atomic mass is 19.4. The van der Waals surface area contributed by atoms with Gasteiger partial charge in [0, 0.05) is 11.3 Å². The molecule has 1 aromatic carbocycles. The van der Waals surface area contributed by atoms with Crippen molar-refractivity contribution in [3.8, 4) is 0 Å². The average Bonchev–Trinajstić information content (AvgIpc) is 3.58. The van der Waals surface area contributed by atoms with Gasteiger partial charge >= 0.3 is 6.18 Å². The highest BCUT2D eigenvalue weighted by Gasteiger charge is 2.33. The lowest BCUT2D eigenvalue weighted by atomic mass is 10.0. The lowest BCUT2D eigenvalue weighted by molar-refractivity contribution is -0.137. The van der Waals surface area contributed by atoms with Crippen molar-refractivity contribution in [3.63, 3.8) is 0 Å². The normalized spacial score (nSPS) is 16.3. The molecule has 1 saturated heterocycles. The summed E-state index contributed by atoms with van der Waals surface area (Å²) in [6.07, 6.45) is 1.95. The molecule has 2 fully saturated rings. The Morgan fingerprint density at radius 2 is 1.83 bits per heavy atom. The number of nitrogens with zero attached hydrogens (tertiary/aromatic N) is 2. The van der Waals surface area contributed by atoms with Gasteiger partial charge in [-0.2, -0.15) is 18.3 Å². The van der Waals surface area contributed by atoms with E-state index in [-0.39, 0.29) is 23.2 Å². The van der Waals surface area contributed by atoms with E-state index in [0.717, 1.165) is 35.7 Å². The first-order valence-corrected chi connectivity index (χ1v) is 9.76. The molecule has 0 unspecified atom stereocenters. The molecular weight excluding hydrogens is 385 g/mol. The molecule has 6 nitrogen and oxygen atoms in total. The maximum Gasteiger partial charge on any atom is 0.416 e. The molecular formula is C20H27F3N4O2. The Morgan fingerprint density at radius 3 is 2.28 bits per heavy atom. The summed E-state index contributed by atoms with van der Waals surface area (Å²) in [4.78, 5) is 22.7. The number of carbonyl (C=O) groups excluding carboxylic acids is 1. The van der Waals surface area contributed by atoms with Crippen molar-refractivity contribution >= 4 is 17.1 Å². The van der Waals surface area contributed by atoms with Gasteiger partial charge in [0.1, 0.15) is 12.8 Å². The van der Waals surface area contributed by atoms with Gasteiger partial charge in [0.05, 0.1) is 16.6 Å². The van der Waals surface area contributed by atoms with E-state index in [0.29, 0.717) is 12.0 Å². The number of piperidine rings is 1. The molecule has 160 valence electrons. The lowest BCUT2D eigenvalue weighted by Crippen LogP contribution is -2.25. The Bertz CT molecular complexity index is 861. The van der Waals surface area contributed by atoms with Crippen molar-refractivity contribution in [1.82, 2.24) is 15.1 Å². The van der Waals surface area contributed by atoms with Crippen LogP contribution in [0.15, 0.2) is 23.0 Å². The molecule has 9 heteroatoms. The molecule has 1 aromatic heterocycles. The van der Waals surface area contributed by atoms with E-state index < -0.39 is 17.3 Å². The third kappa shape index (κ3) is 6.11. The molecule has 0 spiro atoms. The van der Waals surface area contributed by atoms with Crippen LogP contribution in [0.4, 0.5) is 13.2 Å². The van der Waals surface area contributed by atoms with Crippen LogP contribution in [0.25, 0.3) is 10.8 Å². The second-order valence-electron chi connectivity index (χ2n) is 6.88. The summed E-state index contributed by atoms with van der Waals surface area (Å²) in [5, 5.41) is 7.77. The minimum atomic E-state index is -4.47. The summed E-state index contributed by atoms with van der Waals surface area (Å²) in [5.74, 6) is 0.0643. The fourth-order valence-electron chi connectivity index (χ4n) is 3.14. The minimum absolute atomic E-state index is 0.0643. The van der Waals surface area contributed by atoms with Crippen molar-refractivity contribution in [2.24, 2.45) is 5.73 Å². The molecule has 1 aliphatic carbocycles. The van der Waals surface area contributed by atoms with Crippen LogP contribution in [0.3, 0.4) is 0 Å². The molecule has 2 aromatic rings. The molecule has 0 amide bonds. The second-order valence-corrected chi connectivity index (χ2v) is 6.88. The van der Waals surface area contributed by atoms with E-state index in [4.69, 9.17) is 0 Å². The third-order valence-electron chi connectivity index (χ3n) is 4.73. The van der Waals surface area contributed by atoms with Crippen LogP contribution in [0.5, 0.6) is 0 Å². The molecule has 0 atom stereocenters. The Hall–Kier alpha value is -2.26. The summed E-state index contributed by atoms with van der Waals surface area (Å²) < 4.78 is 39.5. The number of carbonyl (C=O) groups is 1. The Morgan fingerprint density at radius 1 is 1.17 bits per heavy atom. The zero-order valence-electron chi connectivity index (χ0n) is 16.5. The summed E-state index contributed by atoms with van der Waals surface area (Å²) in [6.45, 7) is 2.30. The number of fused-ring (bicyclic) bond motifs is 1. The molecule has 2 heterocycles. The van der Waals surface area contributed by atoms with Crippen molar-refractivity contribution in [1.29, 1.82) is 0 Å². The van der Waals surface area contributed by atoms with Crippen LogP contribution in [0, 0.1) is 0 Å². The topological polar surface area (TPSA) is 90.0 Å². The molecule has 0 bridgehead atoms. The zero-order valence-corrected chi connectivity index (χ0v) is 16.5. The van der Waals surface area contributed by atoms with E-state index >= 15 is 0 Å². The smallest absolute Gasteiger partial charge is 0.333 e. The van der Waals surface area contributed by atoms with Crippen LogP contribution in [-0.4, -0.2) is 36.2 Å².